The molecule has 0 radical (unpaired) electrons. The molecule has 1 aliphatic rings. The summed E-state index contributed by atoms with van der Waals surface area (Å²) in [7, 11) is 0. The smallest absolute Gasteiger partial charge is 0.105 e. The SMILES string of the molecule is CC(C)CN(C(C)CC(C)(C#N)NC(C)C)C1CCCC1. The Kier molecular flexibility index (Phi) is 7.16. The van der Waals surface area contributed by atoms with E-state index in [-0.39, 0.29) is 0 Å². The molecular weight excluding hydrogens is 258 g/mol. The zero-order valence-electron chi connectivity index (χ0n) is 14.9. The average Bonchev–Trinajstić information content (AvgIpc) is 2.88. The largest absolute Gasteiger partial charge is 0.297 e. The van der Waals surface area contributed by atoms with E-state index >= 15 is 0 Å². The minimum absolute atomic E-state index is 0.340. The summed E-state index contributed by atoms with van der Waals surface area (Å²) in [6.45, 7) is 14.3. The van der Waals surface area contributed by atoms with Crippen molar-refractivity contribution in [3.05, 3.63) is 0 Å². The number of rotatable bonds is 8. The monoisotopic (exact) mass is 293 g/mol. The van der Waals surface area contributed by atoms with Crippen molar-refractivity contribution in [1.82, 2.24) is 10.2 Å². The molecule has 1 saturated carbocycles. The van der Waals surface area contributed by atoms with E-state index in [4.69, 9.17) is 0 Å². The van der Waals surface area contributed by atoms with Crippen LogP contribution < -0.4 is 5.32 Å². The van der Waals surface area contributed by atoms with E-state index in [0.717, 1.165) is 19.0 Å². The van der Waals surface area contributed by atoms with Gasteiger partial charge in [0.15, 0.2) is 0 Å². The molecule has 0 aromatic carbocycles. The van der Waals surface area contributed by atoms with Gasteiger partial charge < -0.3 is 0 Å². The number of hydrogen-bond donors (Lipinski definition) is 1. The van der Waals surface area contributed by atoms with Crippen LogP contribution in [-0.4, -0.2) is 35.1 Å². The second-order valence-electron chi connectivity index (χ2n) is 7.83. The van der Waals surface area contributed by atoms with Gasteiger partial charge in [0.2, 0.25) is 0 Å². The van der Waals surface area contributed by atoms with Gasteiger partial charge in [0.1, 0.15) is 5.54 Å². The van der Waals surface area contributed by atoms with Crippen LogP contribution in [0.4, 0.5) is 0 Å². The fraction of sp³-hybridized carbons (Fsp3) is 0.944. The highest BCUT2D eigenvalue weighted by atomic mass is 15.2. The molecule has 21 heavy (non-hydrogen) atoms. The van der Waals surface area contributed by atoms with Crippen LogP contribution in [0.5, 0.6) is 0 Å². The summed E-state index contributed by atoms with van der Waals surface area (Å²) < 4.78 is 0. The molecule has 0 heterocycles. The molecule has 2 atom stereocenters. The maximum Gasteiger partial charge on any atom is 0.105 e. The minimum Gasteiger partial charge on any atom is -0.297 e. The second kappa shape index (κ2) is 8.15. The van der Waals surface area contributed by atoms with Gasteiger partial charge in [0, 0.05) is 24.7 Å². The van der Waals surface area contributed by atoms with Crippen molar-refractivity contribution in [2.45, 2.75) is 97.3 Å². The van der Waals surface area contributed by atoms with Crippen molar-refractivity contribution >= 4 is 0 Å². The van der Waals surface area contributed by atoms with Crippen LogP contribution in [0.3, 0.4) is 0 Å². The first-order valence-electron chi connectivity index (χ1n) is 8.72. The summed E-state index contributed by atoms with van der Waals surface area (Å²) in [6, 6.07) is 4.02. The van der Waals surface area contributed by atoms with E-state index in [1.54, 1.807) is 0 Å². The average molecular weight is 293 g/mol. The molecule has 0 aliphatic heterocycles. The predicted octanol–water partition coefficient (Wildman–Crippen LogP) is 3.95. The fourth-order valence-corrected chi connectivity index (χ4v) is 3.83. The summed E-state index contributed by atoms with van der Waals surface area (Å²) in [4.78, 5) is 2.68. The summed E-state index contributed by atoms with van der Waals surface area (Å²) in [5.74, 6) is 0.680. The Bertz CT molecular complexity index is 339. The normalized spacial score (nSPS) is 21.0. The lowest BCUT2D eigenvalue weighted by Crippen LogP contribution is -2.51. The second-order valence-corrected chi connectivity index (χ2v) is 7.83. The van der Waals surface area contributed by atoms with Gasteiger partial charge in [-0.3, -0.25) is 10.2 Å². The Balaban J connectivity index is 2.74. The van der Waals surface area contributed by atoms with Crippen LogP contribution in [0, 0.1) is 17.2 Å². The van der Waals surface area contributed by atoms with Gasteiger partial charge in [-0.05, 0) is 52.9 Å². The summed E-state index contributed by atoms with van der Waals surface area (Å²) >= 11 is 0. The number of nitriles is 1. The molecule has 1 fully saturated rings. The molecule has 0 bridgehead atoms. The van der Waals surface area contributed by atoms with Gasteiger partial charge in [0.05, 0.1) is 6.07 Å². The minimum atomic E-state index is -0.429. The third-order valence-electron chi connectivity index (χ3n) is 4.49. The molecule has 0 aromatic rings. The van der Waals surface area contributed by atoms with Crippen LogP contribution in [0.2, 0.25) is 0 Å². The Morgan fingerprint density at radius 3 is 2.19 bits per heavy atom. The summed E-state index contributed by atoms with van der Waals surface area (Å²) in [5, 5.41) is 13.0. The van der Waals surface area contributed by atoms with Crippen LogP contribution in [0.1, 0.15) is 73.6 Å². The van der Waals surface area contributed by atoms with Gasteiger partial charge in [-0.25, -0.2) is 0 Å². The van der Waals surface area contributed by atoms with Crippen molar-refractivity contribution in [2.75, 3.05) is 6.54 Å². The highest BCUT2D eigenvalue weighted by Gasteiger charge is 2.33. The molecular formula is C18H35N3. The third kappa shape index (κ3) is 5.96. The molecule has 1 rings (SSSR count). The van der Waals surface area contributed by atoms with Crippen LogP contribution >= 0.6 is 0 Å². The van der Waals surface area contributed by atoms with E-state index < -0.39 is 5.54 Å². The van der Waals surface area contributed by atoms with Crippen LogP contribution in [0.15, 0.2) is 0 Å². The fourth-order valence-electron chi connectivity index (χ4n) is 3.83. The van der Waals surface area contributed by atoms with Crippen molar-refractivity contribution in [3.63, 3.8) is 0 Å². The van der Waals surface area contributed by atoms with E-state index in [1.165, 1.54) is 25.7 Å². The van der Waals surface area contributed by atoms with Gasteiger partial charge in [-0.15, -0.1) is 0 Å². The van der Waals surface area contributed by atoms with Gasteiger partial charge in [0.25, 0.3) is 0 Å². The molecule has 0 amide bonds. The quantitative estimate of drug-likeness (QED) is 0.736. The van der Waals surface area contributed by atoms with Crippen molar-refractivity contribution in [3.8, 4) is 6.07 Å². The Morgan fingerprint density at radius 2 is 1.76 bits per heavy atom. The van der Waals surface area contributed by atoms with Gasteiger partial charge in [-0.2, -0.15) is 5.26 Å². The Morgan fingerprint density at radius 1 is 1.19 bits per heavy atom. The first-order chi connectivity index (χ1) is 9.77. The topological polar surface area (TPSA) is 39.1 Å². The lowest BCUT2D eigenvalue weighted by Gasteiger charge is -2.39. The molecule has 1 N–H and O–H groups in total. The third-order valence-corrected chi connectivity index (χ3v) is 4.49. The molecule has 122 valence electrons. The molecule has 3 heteroatoms. The number of hydrogen-bond acceptors (Lipinski definition) is 3. The van der Waals surface area contributed by atoms with Gasteiger partial charge in [-0.1, -0.05) is 26.7 Å². The Labute approximate surface area is 132 Å². The zero-order valence-corrected chi connectivity index (χ0v) is 14.9. The summed E-state index contributed by atoms with van der Waals surface area (Å²) in [6.07, 6.45) is 6.29. The van der Waals surface area contributed by atoms with E-state index in [2.05, 4.69) is 50.9 Å². The maximum atomic E-state index is 9.58. The van der Waals surface area contributed by atoms with Crippen LogP contribution in [-0.2, 0) is 0 Å². The lowest BCUT2D eigenvalue weighted by atomic mass is 9.92. The van der Waals surface area contributed by atoms with Crippen LogP contribution in [0.25, 0.3) is 0 Å². The van der Waals surface area contributed by atoms with E-state index in [0.29, 0.717) is 18.0 Å². The first kappa shape index (κ1) is 18.5. The van der Waals surface area contributed by atoms with E-state index in [1.807, 2.05) is 6.92 Å². The van der Waals surface area contributed by atoms with Crippen molar-refractivity contribution in [2.24, 2.45) is 5.92 Å². The first-order valence-corrected chi connectivity index (χ1v) is 8.72. The van der Waals surface area contributed by atoms with Crippen molar-refractivity contribution in [1.29, 1.82) is 5.26 Å². The lowest BCUT2D eigenvalue weighted by molar-refractivity contribution is 0.107. The number of nitrogens with one attached hydrogen (secondary N) is 1. The summed E-state index contributed by atoms with van der Waals surface area (Å²) in [5.41, 5.74) is -0.429. The predicted molar refractivity (Wildman–Crippen MR) is 90.2 cm³/mol. The molecule has 3 nitrogen and oxygen atoms in total. The maximum absolute atomic E-state index is 9.58. The molecule has 2 unspecified atom stereocenters. The Hall–Kier alpha value is -0.590. The standard InChI is InChI=1S/C18H35N3/c1-14(2)12-21(17-9-7-8-10-17)16(5)11-18(6,13-19)20-15(3)4/h14-17,20H,7-12H2,1-6H3. The van der Waals surface area contributed by atoms with Gasteiger partial charge >= 0.3 is 0 Å². The molecule has 0 spiro atoms. The van der Waals surface area contributed by atoms with Crippen molar-refractivity contribution < 1.29 is 0 Å². The molecule has 0 aromatic heterocycles. The molecule has 1 aliphatic carbocycles. The highest BCUT2D eigenvalue weighted by molar-refractivity contribution is 5.06. The number of nitrogens with zero attached hydrogens (tertiary/aromatic N) is 2. The van der Waals surface area contributed by atoms with E-state index in [9.17, 15) is 5.26 Å². The molecule has 0 saturated heterocycles. The highest BCUT2D eigenvalue weighted by Crippen LogP contribution is 2.28. The zero-order chi connectivity index (χ0) is 16.0.